The Bertz CT molecular complexity index is 743. The standard InChI is InChI=1S/C17H20F3N3O/c1-11-6-5-7-12(2)23(11)15(24)10-22-14-9-4-3-8-13(14)21-16(22)17(18,19)20/h3-4,8-9,11-12H,5-7,10H2,1-2H3/t11-,12+. The van der Waals surface area contributed by atoms with E-state index in [-0.39, 0.29) is 30.1 Å². The third-order valence-corrected chi connectivity index (χ3v) is 4.68. The van der Waals surface area contributed by atoms with Crippen molar-refractivity contribution in [2.24, 2.45) is 0 Å². The number of imidazole rings is 1. The fourth-order valence-electron chi connectivity index (χ4n) is 3.58. The Morgan fingerprint density at radius 2 is 1.83 bits per heavy atom. The molecule has 1 aliphatic rings. The number of aromatic nitrogens is 2. The molecule has 2 atom stereocenters. The Morgan fingerprint density at radius 1 is 1.21 bits per heavy atom. The second-order valence-electron chi connectivity index (χ2n) is 6.44. The van der Waals surface area contributed by atoms with Crippen molar-refractivity contribution in [3.05, 3.63) is 30.1 Å². The van der Waals surface area contributed by atoms with Crippen LogP contribution < -0.4 is 0 Å². The first-order chi connectivity index (χ1) is 11.3. The number of nitrogens with zero attached hydrogens (tertiary/aromatic N) is 3. The van der Waals surface area contributed by atoms with Crippen LogP contribution in [0.4, 0.5) is 13.2 Å². The molecule has 0 saturated carbocycles. The molecule has 24 heavy (non-hydrogen) atoms. The number of benzene rings is 1. The minimum atomic E-state index is -4.60. The molecule has 1 fully saturated rings. The number of amides is 1. The largest absolute Gasteiger partial charge is 0.449 e. The van der Waals surface area contributed by atoms with Crippen molar-refractivity contribution in [2.45, 2.75) is 57.9 Å². The minimum absolute atomic E-state index is 0.0466. The Morgan fingerprint density at radius 3 is 2.46 bits per heavy atom. The first-order valence-corrected chi connectivity index (χ1v) is 8.12. The molecule has 0 unspecified atom stereocenters. The fraction of sp³-hybridized carbons (Fsp3) is 0.529. The minimum Gasteiger partial charge on any atom is -0.336 e. The van der Waals surface area contributed by atoms with Gasteiger partial charge in [-0.15, -0.1) is 0 Å². The Balaban J connectivity index is 1.98. The van der Waals surface area contributed by atoms with Crippen molar-refractivity contribution in [2.75, 3.05) is 0 Å². The SMILES string of the molecule is C[C@@H]1CCC[C@H](C)N1C(=O)Cn1c(C(F)(F)F)nc2ccccc21. The van der Waals surface area contributed by atoms with Crippen LogP contribution in [0, 0.1) is 0 Å². The lowest BCUT2D eigenvalue weighted by molar-refractivity contribution is -0.148. The van der Waals surface area contributed by atoms with Crippen molar-refractivity contribution < 1.29 is 18.0 Å². The number of carbonyl (C=O) groups is 1. The smallest absolute Gasteiger partial charge is 0.336 e. The average molecular weight is 339 g/mol. The van der Waals surface area contributed by atoms with Gasteiger partial charge in [-0.2, -0.15) is 13.2 Å². The zero-order valence-corrected chi connectivity index (χ0v) is 13.7. The highest BCUT2D eigenvalue weighted by Gasteiger charge is 2.39. The Labute approximate surface area is 138 Å². The number of likely N-dealkylation sites (tertiary alicyclic amines) is 1. The molecule has 0 N–H and O–H groups in total. The summed E-state index contributed by atoms with van der Waals surface area (Å²) in [5.41, 5.74) is 0.577. The van der Waals surface area contributed by atoms with E-state index in [0.29, 0.717) is 5.52 Å². The van der Waals surface area contributed by atoms with Gasteiger partial charge < -0.3 is 9.47 Å². The van der Waals surface area contributed by atoms with E-state index in [1.807, 2.05) is 13.8 Å². The third kappa shape index (κ3) is 2.99. The van der Waals surface area contributed by atoms with Crippen molar-refractivity contribution in [3.8, 4) is 0 Å². The molecule has 2 heterocycles. The molecule has 1 amide bonds. The third-order valence-electron chi connectivity index (χ3n) is 4.68. The van der Waals surface area contributed by atoms with Gasteiger partial charge in [0, 0.05) is 12.1 Å². The monoisotopic (exact) mass is 339 g/mol. The number of hydrogen-bond acceptors (Lipinski definition) is 2. The van der Waals surface area contributed by atoms with Gasteiger partial charge in [-0.25, -0.2) is 4.98 Å². The summed E-state index contributed by atoms with van der Waals surface area (Å²) in [6, 6.07) is 6.47. The highest BCUT2D eigenvalue weighted by atomic mass is 19.4. The fourth-order valence-corrected chi connectivity index (χ4v) is 3.58. The second-order valence-corrected chi connectivity index (χ2v) is 6.44. The van der Waals surface area contributed by atoms with Crippen molar-refractivity contribution in [1.82, 2.24) is 14.5 Å². The number of para-hydroxylation sites is 2. The normalized spacial score (nSPS) is 22.1. The van der Waals surface area contributed by atoms with Gasteiger partial charge in [-0.05, 0) is 45.2 Å². The van der Waals surface area contributed by atoms with Gasteiger partial charge in [-0.1, -0.05) is 12.1 Å². The molecule has 0 spiro atoms. The topological polar surface area (TPSA) is 38.1 Å². The quantitative estimate of drug-likeness (QED) is 0.834. The maximum absolute atomic E-state index is 13.3. The summed E-state index contributed by atoms with van der Waals surface area (Å²) in [4.78, 5) is 18.1. The molecule has 7 heteroatoms. The molecule has 1 aliphatic heterocycles. The molecule has 0 radical (unpaired) electrons. The van der Waals surface area contributed by atoms with Crippen LogP contribution in [0.1, 0.15) is 38.9 Å². The van der Waals surface area contributed by atoms with Crippen molar-refractivity contribution in [1.29, 1.82) is 0 Å². The zero-order chi connectivity index (χ0) is 17.5. The van der Waals surface area contributed by atoms with Crippen LogP contribution >= 0.6 is 0 Å². The predicted octanol–water partition coefficient (Wildman–Crippen LogP) is 3.84. The summed E-state index contributed by atoms with van der Waals surface area (Å²) in [7, 11) is 0. The maximum atomic E-state index is 13.3. The molecular weight excluding hydrogens is 319 g/mol. The molecule has 3 rings (SSSR count). The highest BCUT2D eigenvalue weighted by molar-refractivity contribution is 5.81. The van der Waals surface area contributed by atoms with E-state index in [2.05, 4.69) is 4.98 Å². The van der Waals surface area contributed by atoms with Crippen LogP contribution in [0.15, 0.2) is 24.3 Å². The van der Waals surface area contributed by atoms with Crippen LogP contribution in [-0.2, 0) is 17.5 Å². The zero-order valence-electron chi connectivity index (χ0n) is 13.7. The summed E-state index contributed by atoms with van der Waals surface area (Å²) < 4.78 is 41.0. The van der Waals surface area contributed by atoms with Gasteiger partial charge in [-0.3, -0.25) is 4.79 Å². The molecule has 130 valence electrons. The molecule has 1 aromatic heterocycles. The van der Waals surface area contributed by atoms with Crippen LogP contribution in [0.25, 0.3) is 11.0 Å². The molecule has 2 aromatic rings. The number of halogens is 3. The summed E-state index contributed by atoms with van der Waals surface area (Å²) >= 11 is 0. The number of rotatable bonds is 2. The van der Waals surface area contributed by atoms with Crippen LogP contribution in [0.5, 0.6) is 0 Å². The van der Waals surface area contributed by atoms with Gasteiger partial charge in [0.05, 0.1) is 11.0 Å². The lowest BCUT2D eigenvalue weighted by Gasteiger charge is -2.39. The van der Waals surface area contributed by atoms with E-state index in [1.54, 1.807) is 23.1 Å². The van der Waals surface area contributed by atoms with Crippen molar-refractivity contribution in [3.63, 3.8) is 0 Å². The molecular formula is C17H20F3N3O. The molecule has 1 aromatic carbocycles. The molecule has 4 nitrogen and oxygen atoms in total. The Kier molecular flexibility index (Phi) is 4.27. The highest BCUT2D eigenvalue weighted by Crippen LogP contribution is 2.32. The molecule has 0 aliphatic carbocycles. The average Bonchev–Trinajstić information content (AvgIpc) is 2.86. The van der Waals surface area contributed by atoms with Gasteiger partial charge in [0.1, 0.15) is 6.54 Å². The van der Waals surface area contributed by atoms with E-state index in [0.717, 1.165) is 23.8 Å². The molecule has 0 bridgehead atoms. The predicted molar refractivity (Wildman–Crippen MR) is 84.4 cm³/mol. The van der Waals surface area contributed by atoms with Crippen molar-refractivity contribution >= 4 is 16.9 Å². The number of alkyl halides is 3. The van der Waals surface area contributed by atoms with Gasteiger partial charge >= 0.3 is 6.18 Å². The summed E-state index contributed by atoms with van der Waals surface area (Å²) in [6.07, 6.45) is -1.80. The number of hydrogen-bond donors (Lipinski definition) is 0. The summed E-state index contributed by atoms with van der Waals surface area (Å²) in [6.45, 7) is 3.55. The molecule has 1 saturated heterocycles. The van der Waals surface area contributed by atoms with Crippen LogP contribution in [0.2, 0.25) is 0 Å². The number of piperidine rings is 1. The van der Waals surface area contributed by atoms with Gasteiger partial charge in [0.2, 0.25) is 11.7 Å². The Hall–Kier alpha value is -2.05. The lowest BCUT2D eigenvalue weighted by atomic mass is 9.97. The van der Waals surface area contributed by atoms with Gasteiger partial charge in [0.25, 0.3) is 0 Å². The maximum Gasteiger partial charge on any atom is 0.449 e. The first-order valence-electron chi connectivity index (χ1n) is 8.12. The van der Waals surface area contributed by atoms with Crippen LogP contribution in [0.3, 0.4) is 0 Å². The number of fused-ring (bicyclic) bond motifs is 1. The van der Waals surface area contributed by atoms with E-state index in [1.165, 1.54) is 6.07 Å². The van der Waals surface area contributed by atoms with E-state index >= 15 is 0 Å². The van der Waals surface area contributed by atoms with E-state index in [9.17, 15) is 18.0 Å². The van der Waals surface area contributed by atoms with Crippen LogP contribution in [-0.4, -0.2) is 32.4 Å². The lowest BCUT2D eigenvalue weighted by Crippen LogP contribution is -2.48. The first kappa shape index (κ1) is 16.8. The number of carbonyl (C=O) groups excluding carboxylic acids is 1. The second kappa shape index (κ2) is 6.11. The van der Waals surface area contributed by atoms with Gasteiger partial charge in [0.15, 0.2) is 0 Å². The summed E-state index contributed by atoms with van der Waals surface area (Å²) in [5, 5.41) is 0. The van der Waals surface area contributed by atoms with E-state index < -0.39 is 12.0 Å². The van der Waals surface area contributed by atoms with E-state index in [4.69, 9.17) is 0 Å². The summed E-state index contributed by atoms with van der Waals surface area (Å²) in [5.74, 6) is -1.31.